The number of carboxylic acid groups (broad SMARTS) is 1. The molecule has 0 radical (unpaired) electrons. The number of aromatic amines is 1. The predicted molar refractivity (Wildman–Crippen MR) is 84.4 cm³/mol. The van der Waals surface area contributed by atoms with Crippen LogP contribution in [0.2, 0.25) is 0 Å². The predicted octanol–water partition coefficient (Wildman–Crippen LogP) is -0.884. The summed E-state index contributed by atoms with van der Waals surface area (Å²) in [5, 5.41) is 15.5. The molecule has 1 aromatic rings. The van der Waals surface area contributed by atoms with Gasteiger partial charge in [0, 0.05) is 31.4 Å². The van der Waals surface area contributed by atoms with Crippen LogP contribution in [0.1, 0.15) is 22.6 Å². The Bertz CT molecular complexity index is 759. The fourth-order valence-electron chi connectivity index (χ4n) is 3.47. The Balaban J connectivity index is 1.81. The zero-order valence-corrected chi connectivity index (χ0v) is 14.1. The minimum Gasteiger partial charge on any atom is -0.481 e. The maximum absolute atomic E-state index is 12.7. The summed E-state index contributed by atoms with van der Waals surface area (Å²) in [6.07, 6.45) is -0.0459. The molecule has 1 aromatic heterocycles. The summed E-state index contributed by atoms with van der Waals surface area (Å²) in [6.45, 7) is 2.90. The Morgan fingerprint density at radius 1 is 1.33 bits per heavy atom. The highest BCUT2D eigenvalue weighted by Crippen LogP contribution is 2.28. The number of hydrogen-bond acceptors (Lipinski definition) is 6. The van der Waals surface area contributed by atoms with Gasteiger partial charge in [0.25, 0.3) is 5.91 Å². The lowest BCUT2D eigenvalue weighted by Gasteiger charge is -2.43. The van der Waals surface area contributed by atoms with Gasteiger partial charge >= 0.3 is 5.97 Å². The quantitative estimate of drug-likeness (QED) is 0.718. The molecule has 3 rings (SSSR count). The third-order valence-corrected chi connectivity index (χ3v) is 6.29. The minimum atomic E-state index is -3.25. The Hall–Kier alpha value is -1.94. The molecule has 2 aliphatic rings. The molecule has 0 aromatic carbocycles. The number of carbonyl (C=O) groups excluding carboxylic acids is 1. The van der Waals surface area contributed by atoms with Crippen LogP contribution in [0.15, 0.2) is 6.07 Å². The van der Waals surface area contributed by atoms with E-state index in [0.717, 1.165) is 5.69 Å². The SMILES string of the molecule is Cc1cc(C(=O)N2CCN(CCC(=O)O)[C@@H]3CS(=O)(=O)C[C@@H]32)n[nH]1. The third-order valence-electron chi connectivity index (χ3n) is 4.59. The average molecular weight is 356 g/mol. The number of rotatable bonds is 4. The van der Waals surface area contributed by atoms with Gasteiger partial charge in [-0.1, -0.05) is 0 Å². The largest absolute Gasteiger partial charge is 0.481 e. The molecule has 3 heterocycles. The molecule has 9 nitrogen and oxygen atoms in total. The van der Waals surface area contributed by atoms with Crippen molar-refractivity contribution in [3.63, 3.8) is 0 Å². The van der Waals surface area contributed by atoms with Gasteiger partial charge in [-0.05, 0) is 13.0 Å². The molecule has 1 amide bonds. The number of nitrogens with one attached hydrogen (secondary N) is 1. The van der Waals surface area contributed by atoms with E-state index >= 15 is 0 Å². The van der Waals surface area contributed by atoms with Crippen LogP contribution in [0.3, 0.4) is 0 Å². The van der Waals surface area contributed by atoms with Gasteiger partial charge < -0.3 is 10.0 Å². The van der Waals surface area contributed by atoms with Crippen molar-refractivity contribution in [2.75, 3.05) is 31.1 Å². The van der Waals surface area contributed by atoms with E-state index < -0.39 is 21.8 Å². The standard InChI is InChI=1S/C14H20N4O5S/c1-9-6-10(16-15-9)14(21)18-5-4-17(3-2-13(19)20)11-7-24(22,23)8-12(11)18/h6,11-12H,2-5,7-8H2,1H3,(H,15,16)(H,19,20)/t11-,12+/m1/s1. The van der Waals surface area contributed by atoms with Crippen molar-refractivity contribution in [1.82, 2.24) is 20.0 Å². The number of aryl methyl sites for hydroxylation is 1. The zero-order valence-electron chi connectivity index (χ0n) is 13.3. The summed E-state index contributed by atoms with van der Waals surface area (Å²) in [5.41, 5.74) is 1.03. The van der Waals surface area contributed by atoms with Gasteiger partial charge in [0.1, 0.15) is 5.69 Å². The van der Waals surface area contributed by atoms with E-state index in [1.54, 1.807) is 17.9 Å². The second-order valence-corrected chi connectivity index (χ2v) is 8.48. The molecular formula is C14H20N4O5S. The number of nitrogens with zero attached hydrogens (tertiary/aromatic N) is 3. The summed E-state index contributed by atoms with van der Waals surface area (Å²) >= 11 is 0. The van der Waals surface area contributed by atoms with Crippen LogP contribution in [0.5, 0.6) is 0 Å². The van der Waals surface area contributed by atoms with Crippen molar-refractivity contribution in [2.24, 2.45) is 0 Å². The molecule has 24 heavy (non-hydrogen) atoms. The van der Waals surface area contributed by atoms with Crippen LogP contribution < -0.4 is 0 Å². The summed E-state index contributed by atoms with van der Waals surface area (Å²) < 4.78 is 24.2. The van der Waals surface area contributed by atoms with Crippen molar-refractivity contribution < 1.29 is 23.1 Å². The van der Waals surface area contributed by atoms with E-state index in [0.29, 0.717) is 13.1 Å². The minimum absolute atomic E-state index is 0.0410. The number of carbonyl (C=O) groups is 2. The molecule has 10 heteroatoms. The molecule has 2 N–H and O–H groups in total. The molecule has 0 bridgehead atoms. The maximum atomic E-state index is 12.7. The monoisotopic (exact) mass is 356 g/mol. The summed E-state index contributed by atoms with van der Waals surface area (Å²) in [5.74, 6) is -1.33. The average Bonchev–Trinajstić information content (AvgIpc) is 3.06. The van der Waals surface area contributed by atoms with Gasteiger partial charge in [-0.15, -0.1) is 0 Å². The molecule has 0 unspecified atom stereocenters. The van der Waals surface area contributed by atoms with E-state index in [1.807, 2.05) is 4.90 Å². The molecule has 2 saturated heterocycles. The number of sulfone groups is 1. The van der Waals surface area contributed by atoms with Crippen molar-refractivity contribution >= 4 is 21.7 Å². The van der Waals surface area contributed by atoms with Crippen LogP contribution in [0.4, 0.5) is 0 Å². The summed E-state index contributed by atoms with van der Waals surface area (Å²) in [7, 11) is -3.25. The molecule has 2 fully saturated rings. The lowest BCUT2D eigenvalue weighted by Crippen LogP contribution is -2.60. The van der Waals surface area contributed by atoms with Gasteiger partial charge in [-0.2, -0.15) is 5.10 Å². The van der Waals surface area contributed by atoms with Gasteiger partial charge in [-0.3, -0.25) is 19.6 Å². The van der Waals surface area contributed by atoms with Gasteiger partial charge in [0.2, 0.25) is 0 Å². The van der Waals surface area contributed by atoms with E-state index in [4.69, 9.17) is 5.11 Å². The number of carboxylic acids is 1. The van der Waals surface area contributed by atoms with E-state index in [9.17, 15) is 18.0 Å². The van der Waals surface area contributed by atoms with Crippen LogP contribution in [-0.2, 0) is 14.6 Å². The van der Waals surface area contributed by atoms with Crippen molar-refractivity contribution in [2.45, 2.75) is 25.4 Å². The van der Waals surface area contributed by atoms with Gasteiger partial charge in [0.05, 0.1) is 24.0 Å². The first-order chi connectivity index (χ1) is 11.3. The van der Waals surface area contributed by atoms with Crippen molar-refractivity contribution in [3.05, 3.63) is 17.5 Å². The topological polar surface area (TPSA) is 124 Å². The highest BCUT2D eigenvalue weighted by atomic mass is 32.2. The summed E-state index contributed by atoms with van der Waals surface area (Å²) in [6, 6.07) is 0.826. The third kappa shape index (κ3) is 3.29. The molecular weight excluding hydrogens is 336 g/mol. The highest BCUT2D eigenvalue weighted by molar-refractivity contribution is 7.91. The molecule has 2 atom stereocenters. The normalized spacial score (nSPS) is 26.3. The molecule has 132 valence electrons. The number of aromatic nitrogens is 2. The fraction of sp³-hybridized carbons (Fsp3) is 0.643. The number of H-pyrrole nitrogens is 1. The molecule has 0 aliphatic carbocycles. The Labute approximate surface area is 139 Å². The van der Waals surface area contributed by atoms with E-state index in [1.165, 1.54) is 0 Å². The Kier molecular flexibility index (Phi) is 4.35. The number of piperazine rings is 1. The number of fused-ring (bicyclic) bond motifs is 1. The van der Waals surface area contributed by atoms with Crippen LogP contribution in [-0.4, -0.2) is 88.6 Å². The number of amides is 1. The van der Waals surface area contributed by atoms with Crippen LogP contribution in [0, 0.1) is 6.92 Å². The second-order valence-electron chi connectivity index (χ2n) is 6.33. The van der Waals surface area contributed by atoms with Gasteiger partial charge in [-0.25, -0.2) is 8.42 Å². The maximum Gasteiger partial charge on any atom is 0.304 e. The first kappa shape index (κ1) is 16.9. The Morgan fingerprint density at radius 2 is 2.04 bits per heavy atom. The van der Waals surface area contributed by atoms with Gasteiger partial charge in [0.15, 0.2) is 9.84 Å². The molecule has 0 saturated carbocycles. The smallest absolute Gasteiger partial charge is 0.304 e. The highest BCUT2D eigenvalue weighted by Gasteiger charge is 2.48. The summed E-state index contributed by atoms with van der Waals surface area (Å²) in [4.78, 5) is 26.9. The lowest BCUT2D eigenvalue weighted by molar-refractivity contribution is -0.137. The van der Waals surface area contributed by atoms with Crippen molar-refractivity contribution in [1.29, 1.82) is 0 Å². The first-order valence-corrected chi connectivity index (χ1v) is 9.58. The second kappa shape index (κ2) is 6.17. The number of hydrogen-bond donors (Lipinski definition) is 2. The Morgan fingerprint density at radius 3 is 2.67 bits per heavy atom. The molecule has 2 aliphatic heterocycles. The fourth-order valence-corrected chi connectivity index (χ4v) is 5.48. The van der Waals surface area contributed by atoms with E-state index in [2.05, 4.69) is 10.2 Å². The first-order valence-electron chi connectivity index (χ1n) is 7.76. The van der Waals surface area contributed by atoms with Crippen LogP contribution in [0.25, 0.3) is 0 Å². The van der Waals surface area contributed by atoms with Crippen LogP contribution >= 0.6 is 0 Å². The number of aliphatic carboxylic acids is 1. The molecule has 0 spiro atoms. The van der Waals surface area contributed by atoms with Crippen molar-refractivity contribution in [3.8, 4) is 0 Å². The van der Waals surface area contributed by atoms with E-state index in [-0.39, 0.29) is 42.1 Å². The zero-order chi connectivity index (χ0) is 17.5. The lowest BCUT2D eigenvalue weighted by atomic mass is 10.0.